The minimum absolute atomic E-state index is 0.300. The van der Waals surface area contributed by atoms with Crippen LogP contribution in [0.15, 0.2) is 30.5 Å². The molecule has 0 radical (unpaired) electrons. The van der Waals surface area contributed by atoms with Gasteiger partial charge >= 0.3 is 0 Å². The van der Waals surface area contributed by atoms with Crippen molar-refractivity contribution >= 4 is 17.5 Å². The van der Waals surface area contributed by atoms with Crippen LogP contribution in [0.1, 0.15) is 5.56 Å². The van der Waals surface area contributed by atoms with E-state index in [1.54, 1.807) is 24.4 Å². The second kappa shape index (κ2) is 4.99. The molecule has 3 N–H and O–H groups in total. The number of nitrogen functional groups attached to an aromatic ring is 1. The van der Waals surface area contributed by atoms with E-state index in [4.69, 9.17) is 22.2 Å². The van der Waals surface area contributed by atoms with Gasteiger partial charge in [-0.25, -0.2) is 10.8 Å². The SMILES string of the molecule is Cc1cc(Cl)ccc1Oc1ccnc(NN)n1. The molecule has 0 spiro atoms. The second-order valence-electron chi connectivity index (χ2n) is 3.37. The smallest absolute Gasteiger partial charge is 0.240 e. The zero-order valence-electron chi connectivity index (χ0n) is 9.14. The van der Waals surface area contributed by atoms with E-state index in [1.807, 2.05) is 13.0 Å². The molecule has 2 rings (SSSR count). The summed E-state index contributed by atoms with van der Waals surface area (Å²) in [5.41, 5.74) is 3.28. The van der Waals surface area contributed by atoms with Crippen molar-refractivity contribution in [2.45, 2.75) is 6.92 Å². The lowest BCUT2D eigenvalue weighted by Crippen LogP contribution is -2.10. The zero-order valence-corrected chi connectivity index (χ0v) is 9.90. The topological polar surface area (TPSA) is 73.1 Å². The van der Waals surface area contributed by atoms with E-state index in [0.29, 0.717) is 22.6 Å². The van der Waals surface area contributed by atoms with Crippen molar-refractivity contribution < 1.29 is 4.74 Å². The number of aryl methyl sites for hydroxylation is 1. The Balaban J connectivity index is 2.25. The molecular weight excluding hydrogens is 240 g/mol. The minimum Gasteiger partial charge on any atom is -0.439 e. The van der Waals surface area contributed by atoms with Gasteiger partial charge in [0.15, 0.2) is 0 Å². The molecule has 0 aliphatic carbocycles. The van der Waals surface area contributed by atoms with Crippen LogP contribution in [0.2, 0.25) is 5.02 Å². The fourth-order valence-electron chi connectivity index (χ4n) is 1.31. The molecule has 6 heteroatoms. The van der Waals surface area contributed by atoms with Crippen molar-refractivity contribution in [2.75, 3.05) is 5.43 Å². The lowest BCUT2D eigenvalue weighted by molar-refractivity contribution is 0.459. The monoisotopic (exact) mass is 250 g/mol. The van der Waals surface area contributed by atoms with Gasteiger partial charge in [-0.1, -0.05) is 11.6 Å². The molecule has 1 aromatic carbocycles. The van der Waals surface area contributed by atoms with Gasteiger partial charge in [0.25, 0.3) is 0 Å². The highest BCUT2D eigenvalue weighted by Gasteiger charge is 2.04. The highest BCUT2D eigenvalue weighted by atomic mass is 35.5. The summed E-state index contributed by atoms with van der Waals surface area (Å²) in [5.74, 6) is 6.62. The standard InChI is InChI=1S/C11H11ClN4O/c1-7-6-8(12)2-3-9(7)17-10-4-5-14-11(15-10)16-13/h2-6H,13H2,1H3,(H,14,15,16). The van der Waals surface area contributed by atoms with Crippen molar-refractivity contribution in [3.8, 4) is 11.6 Å². The highest BCUT2D eigenvalue weighted by Crippen LogP contribution is 2.26. The van der Waals surface area contributed by atoms with Crippen LogP contribution < -0.4 is 16.0 Å². The molecule has 5 nitrogen and oxygen atoms in total. The molecule has 1 heterocycles. The quantitative estimate of drug-likeness (QED) is 0.647. The number of hydrogen-bond acceptors (Lipinski definition) is 5. The third kappa shape index (κ3) is 2.83. The number of hydrogen-bond donors (Lipinski definition) is 2. The molecule has 0 unspecified atom stereocenters. The molecule has 0 saturated heterocycles. The Kier molecular flexibility index (Phi) is 3.41. The summed E-state index contributed by atoms with van der Waals surface area (Å²) >= 11 is 5.86. The molecule has 1 aromatic heterocycles. The van der Waals surface area contributed by atoms with Crippen LogP contribution in [0.3, 0.4) is 0 Å². The van der Waals surface area contributed by atoms with Gasteiger partial charge in [-0.15, -0.1) is 0 Å². The molecule has 17 heavy (non-hydrogen) atoms. The molecule has 0 amide bonds. The van der Waals surface area contributed by atoms with E-state index in [-0.39, 0.29) is 0 Å². The fraction of sp³-hybridized carbons (Fsp3) is 0.0909. The Morgan fingerprint density at radius 1 is 1.35 bits per heavy atom. The number of hydrazine groups is 1. The minimum atomic E-state index is 0.300. The van der Waals surface area contributed by atoms with E-state index in [2.05, 4.69) is 15.4 Å². The van der Waals surface area contributed by atoms with Crippen molar-refractivity contribution in [3.63, 3.8) is 0 Å². The number of nitrogens with zero attached hydrogens (tertiary/aromatic N) is 2. The summed E-state index contributed by atoms with van der Waals surface area (Å²) in [7, 11) is 0. The van der Waals surface area contributed by atoms with E-state index in [1.165, 1.54) is 0 Å². The number of nitrogens with one attached hydrogen (secondary N) is 1. The number of nitrogens with two attached hydrogens (primary N) is 1. The van der Waals surface area contributed by atoms with Gasteiger partial charge in [-0.2, -0.15) is 4.98 Å². The van der Waals surface area contributed by atoms with Crippen LogP contribution >= 0.6 is 11.6 Å². The maximum Gasteiger partial charge on any atom is 0.240 e. The van der Waals surface area contributed by atoms with Gasteiger partial charge < -0.3 is 4.74 Å². The first kappa shape index (κ1) is 11.6. The van der Waals surface area contributed by atoms with E-state index in [9.17, 15) is 0 Å². The Labute approximate surface area is 104 Å². The summed E-state index contributed by atoms with van der Waals surface area (Å²) < 4.78 is 5.60. The first-order valence-corrected chi connectivity index (χ1v) is 5.30. The molecule has 0 aliphatic heterocycles. The maximum absolute atomic E-state index is 5.86. The molecular formula is C11H11ClN4O. The summed E-state index contributed by atoms with van der Waals surface area (Å²) in [6.45, 7) is 1.91. The van der Waals surface area contributed by atoms with Crippen LogP contribution in [0, 0.1) is 6.92 Å². The lowest BCUT2D eigenvalue weighted by atomic mass is 10.2. The number of anilines is 1. The Morgan fingerprint density at radius 3 is 2.88 bits per heavy atom. The molecule has 0 bridgehead atoms. The average molecular weight is 251 g/mol. The molecule has 88 valence electrons. The van der Waals surface area contributed by atoms with Crippen molar-refractivity contribution in [1.82, 2.24) is 9.97 Å². The first-order valence-electron chi connectivity index (χ1n) is 4.92. The van der Waals surface area contributed by atoms with Crippen LogP contribution in [0.5, 0.6) is 11.6 Å². The van der Waals surface area contributed by atoms with Crippen LogP contribution in [0.25, 0.3) is 0 Å². The van der Waals surface area contributed by atoms with Crippen molar-refractivity contribution in [2.24, 2.45) is 5.84 Å². The third-order valence-corrected chi connectivity index (χ3v) is 2.35. The largest absolute Gasteiger partial charge is 0.439 e. The molecule has 0 aliphatic rings. The zero-order chi connectivity index (χ0) is 12.3. The average Bonchev–Trinajstić information content (AvgIpc) is 2.33. The fourth-order valence-corrected chi connectivity index (χ4v) is 1.54. The van der Waals surface area contributed by atoms with E-state index >= 15 is 0 Å². The third-order valence-electron chi connectivity index (χ3n) is 2.11. The van der Waals surface area contributed by atoms with E-state index in [0.717, 1.165) is 5.56 Å². The predicted octanol–water partition coefficient (Wildman–Crippen LogP) is 2.52. The van der Waals surface area contributed by atoms with Gasteiger partial charge in [0, 0.05) is 17.3 Å². The van der Waals surface area contributed by atoms with Gasteiger partial charge in [0.1, 0.15) is 5.75 Å². The number of ether oxygens (including phenoxy) is 1. The Hall–Kier alpha value is -1.85. The second-order valence-corrected chi connectivity index (χ2v) is 3.81. The summed E-state index contributed by atoms with van der Waals surface area (Å²) in [6, 6.07) is 7.01. The summed E-state index contributed by atoms with van der Waals surface area (Å²) in [6.07, 6.45) is 1.56. The number of halogens is 1. The highest BCUT2D eigenvalue weighted by molar-refractivity contribution is 6.30. The number of rotatable bonds is 3. The lowest BCUT2D eigenvalue weighted by Gasteiger charge is -2.08. The van der Waals surface area contributed by atoms with Gasteiger partial charge in [-0.05, 0) is 30.7 Å². The van der Waals surface area contributed by atoms with Gasteiger partial charge in [0.2, 0.25) is 11.8 Å². The molecule has 0 atom stereocenters. The molecule has 0 saturated carbocycles. The van der Waals surface area contributed by atoms with Crippen molar-refractivity contribution in [1.29, 1.82) is 0 Å². The number of aromatic nitrogens is 2. The first-order chi connectivity index (χ1) is 8.19. The normalized spacial score (nSPS) is 10.1. The Bertz CT molecular complexity index is 533. The van der Waals surface area contributed by atoms with Crippen molar-refractivity contribution in [3.05, 3.63) is 41.0 Å². The molecule has 2 aromatic rings. The maximum atomic E-state index is 5.86. The van der Waals surface area contributed by atoms with Crippen LogP contribution in [-0.4, -0.2) is 9.97 Å². The van der Waals surface area contributed by atoms with E-state index < -0.39 is 0 Å². The molecule has 0 fully saturated rings. The summed E-state index contributed by atoms with van der Waals surface area (Å²) in [4.78, 5) is 7.94. The predicted molar refractivity (Wildman–Crippen MR) is 66.1 cm³/mol. The van der Waals surface area contributed by atoms with Gasteiger partial charge in [0.05, 0.1) is 0 Å². The van der Waals surface area contributed by atoms with Crippen LogP contribution in [-0.2, 0) is 0 Å². The van der Waals surface area contributed by atoms with Gasteiger partial charge in [-0.3, -0.25) is 5.43 Å². The number of benzene rings is 1. The summed E-state index contributed by atoms with van der Waals surface area (Å²) in [5, 5.41) is 0.668. The van der Waals surface area contributed by atoms with Crippen LogP contribution in [0.4, 0.5) is 5.95 Å². The Morgan fingerprint density at radius 2 is 2.18 bits per heavy atom.